The van der Waals surface area contributed by atoms with Gasteiger partial charge in [0.15, 0.2) is 0 Å². The van der Waals surface area contributed by atoms with Crippen LogP contribution in [0.5, 0.6) is 0 Å². The molecule has 0 aromatic carbocycles. The van der Waals surface area contributed by atoms with Crippen LogP contribution >= 0.6 is 0 Å². The molecule has 0 aromatic rings. The van der Waals surface area contributed by atoms with Gasteiger partial charge in [-0.3, -0.25) is 4.90 Å². The van der Waals surface area contributed by atoms with Crippen LogP contribution in [-0.4, -0.2) is 49.3 Å². The highest BCUT2D eigenvalue weighted by Crippen LogP contribution is 2.23. The van der Waals surface area contributed by atoms with Gasteiger partial charge in [-0.2, -0.15) is 0 Å². The van der Waals surface area contributed by atoms with Crippen molar-refractivity contribution in [2.75, 3.05) is 20.2 Å². The molecular formula is C15H32N2O. The minimum atomic E-state index is 0.382. The zero-order valence-corrected chi connectivity index (χ0v) is 12.9. The van der Waals surface area contributed by atoms with Crippen molar-refractivity contribution >= 4 is 0 Å². The summed E-state index contributed by atoms with van der Waals surface area (Å²) in [5.74, 6) is 0. The van der Waals surface area contributed by atoms with E-state index in [4.69, 9.17) is 4.74 Å². The normalized spacial score (nSPS) is 27.7. The van der Waals surface area contributed by atoms with E-state index < -0.39 is 0 Å². The quantitative estimate of drug-likeness (QED) is 0.722. The van der Waals surface area contributed by atoms with Gasteiger partial charge in [0.05, 0.1) is 6.10 Å². The molecule has 18 heavy (non-hydrogen) atoms. The first-order valence-corrected chi connectivity index (χ1v) is 7.72. The largest absolute Gasteiger partial charge is 0.377 e. The second-order valence-corrected chi connectivity index (χ2v) is 5.53. The topological polar surface area (TPSA) is 24.5 Å². The third kappa shape index (κ3) is 3.94. The van der Waals surface area contributed by atoms with E-state index in [9.17, 15) is 0 Å². The van der Waals surface area contributed by atoms with E-state index in [-0.39, 0.29) is 0 Å². The molecule has 1 rings (SSSR count). The number of hydrogen-bond acceptors (Lipinski definition) is 3. The van der Waals surface area contributed by atoms with Crippen molar-refractivity contribution in [1.29, 1.82) is 0 Å². The fourth-order valence-electron chi connectivity index (χ4n) is 3.36. The molecule has 1 aliphatic heterocycles. The fraction of sp³-hybridized carbons (Fsp3) is 1.00. The fourth-order valence-corrected chi connectivity index (χ4v) is 3.36. The van der Waals surface area contributed by atoms with Gasteiger partial charge in [0, 0.05) is 24.7 Å². The Labute approximate surface area is 113 Å². The Balaban J connectivity index is 2.66. The molecule has 108 valence electrons. The highest BCUT2D eigenvalue weighted by Gasteiger charge is 2.33. The van der Waals surface area contributed by atoms with Gasteiger partial charge in [-0.25, -0.2) is 0 Å². The van der Waals surface area contributed by atoms with E-state index in [1.165, 1.54) is 25.7 Å². The average molecular weight is 256 g/mol. The smallest absolute Gasteiger partial charge is 0.0703 e. The van der Waals surface area contributed by atoms with Crippen LogP contribution in [0.15, 0.2) is 0 Å². The minimum Gasteiger partial charge on any atom is -0.377 e. The van der Waals surface area contributed by atoms with Gasteiger partial charge in [-0.15, -0.1) is 0 Å². The molecule has 0 spiro atoms. The van der Waals surface area contributed by atoms with Crippen LogP contribution in [0.4, 0.5) is 0 Å². The molecule has 1 N–H and O–H groups in total. The van der Waals surface area contributed by atoms with Gasteiger partial charge in [-0.05, 0) is 39.8 Å². The second kappa shape index (κ2) is 8.13. The maximum atomic E-state index is 5.72. The van der Waals surface area contributed by atoms with Crippen LogP contribution in [0.25, 0.3) is 0 Å². The van der Waals surface area contributed by atoms with Crippen LogP contribution in [0.3, 0.4) is 0 Å². The van der Waals surface area contributed by atoms with Crippen LogP contribution in [0.1, 0.15) is 53.4 Å². The highest BCUT2D eigenvalue weighted by atomic mass is 16.5. The average Bonchev–Trinajstić information content (AvgIpc) is 2.77. The second-order valence-electron chi connectivity index (χ2n) is 5.53. The molecule has 0 aliphatic carbocycles. The van der Waals surface area contributed by atoms with E-state index in [2.05, 4.69) is 45.0 Å². The first-order chi connectivity index (χ1) is 8.65. The molecule has 3 heteroatoms. The highest BCUT2D eigenvalue weighted by molar-refractivity contribution is 4.89. The monoisotopic (exact) mass is 256 g/mol. The predicted molar refractivity (Wildman–Crippen MR) is 78.0 cm³/mol. The molecule has 3 nitrogen and oxygen atoms in total. The summed E-state index contributed by atoms with van der Waals surface area (Å²) in [6.07, 6.45) is 5.28. The molecule has 1 aliphatic rings. The Kier molecular flexibility index (Phi) is 7.20. The van der Waals surface area contributed by atoms with Gasteiger partial charge in [0.2, 0.25) is 0 Å². The van der Waals surface area contributed by atoms with Crippen molar-refractivity contribution in [3.8, 4) is 0 Å². The van der Waals surface area contributed by atoms with Crippen molar-refractivity contribution in [2.45, 2.75) is 77.6 Å². The van der Waals surface area contributed by atoms with Crippen LogP contribution < -0.4 is 5.32 Å². The Morgan fingerprint density at radius 1 is 1.33 bits per heavy atom. The summed E-state index contributed by atoms with van der Waals surface area (Å²) in [7, 11) is 2.28. The number of hydrogen-bond donors (Lipinski definition) is 1. The summed E-state index contributed by atoms with van der Waals surface area (Å²) >= 11 is 0. The zero-order valence-electron chi connectivity index (χ0n) is 12.9. The number of rotatable bonds is 8. The summed E-state index contributed by atoms with van der Waals surface area (Å²) in [6.45, 7) is 11.0. The summed E-state index contributed by atoms with van der Waals surface area (Å²) < 4.78 is 5.72. The Hall–Kier alpha value is -0.120. The molecule has 0 radical (unpaired) electrons. The van der Waals surface area contributed by atoms with Gasteiger partial charge < -0.3 is 10.1 Å². The lowest BCUT2D eigenvalue weighted by atomic mass is 9.96. The lowest BCUT2D eigenvalue weighted by molar-refractivity contribution is 0.0559. The maximum Gasteiger partial charge on any atom is 0.0703 e. The van der Waals surface area contributed by atoms with E-state index in [1.54, 1.807) is 0 Å². The molecule has 1 heterocycles. The summed E-state index contributed by atoms with van der Waals surface area (Å²) in [4.78, 5) is 2.57. The molecule has 0 bridgehead atoms. The van der Waals surface area contributed by atoms with Crippen molar-refractivity contribution in [3.05, 3.63) is 0 Å². The van der Waals surface area contributed by atoms with Crippen LogP contribution in [0.2, 0.25) is 0 Å². The van der Waals surface area contributed by atoms with Crippen molar-refractivity contribution in [2.24, 2.45) is 0 Å². The predicted octanol–water partition coefficient (Wildman–Crippen LogP) is 2.65. The van der Waals surface area contributed by atoms with Gasteiger partial charge >= 0.3 is 0 Å². The molecule has 0 saturated carbocycles. The summed E-state index contributed by atoms with van der Waals surface area (Å²) in [6, 6.07) is 1.83. The molecular weight excluding hydrogens is 224 g/mol. The minimum absolute atomic E-state index is 0.382. The van der Waals surface area contributed by atoms with Crippen LogP contribution in [0, 0.1) is 0 Å². The van der Waals surface area contributed by atoms with Gasteiger partial charge in [-0.1, -0.05) is 27.2 Å². The lowest BCUT2D eigenvalue weighted by Crippen LogP contribution is -2.53. The van der Waals surface area contributed by atoms with E-state index in [0.717, 1.165) is 13.2 Å². The van der Waals surface area contributed by atoms with E-state index in [1.807, 2.05) is 0 Å². The van der Waals surface area contributed by atoms with Crippen molar-refractivity contribution in [3.63, 3.8) is 0 Å². The first kappa shape index (κ1) is 15.9. The van der Waals surface area contributed by atoms with Gasteiger partial charge in [0.25, 0.3) is 0 Å². The maximum absolute atomic E-state index is 5.72. The number of likely N-dealkylation sites (N-methyl/N-ethyl adjacent to an activating group) is 2. The molecule has 4 atom stereocenters. The number of nitrogens with zero attached hydrogens (tertiary/aromatic N) is 1. The van der Waals surface area contributed by atoms with Crippen LogP contribution in [-0.2, 0) is 4.74 Å². The first-order valence-electron chi connectivity index (χ1n) is 7.72. The zero-order chi connectivity index (χ0) is 13.5. The van der Waals surface area contributed by atoms with Gasteiger partial charge in [0.1, 0.15) is 0 Å². The Morgan fingerprint density at radius 2 is 2.06 bits per heavy atom. The Bertz CT molecular complexity index is 217. The lowest BCUT2D eigenvalue weighted by Gasteiger charge is -2.39. The molecule has 1 fully saturated rings. The van der Waals surface area contributed by atoms with E-state index in [0.29, 0.717) is 24.2 Å². The molecule has 4 unspecified atom stereocenters. The SMILES string of the molecule is CCCC(NCC)C(CC)N(C)C1CCOC1C. The van der Waals surface area contributed by atoms with E-state index >= 15 is 0 Å². The number of nitrogens with one attached hydrogen (secondary N) is 1. The summed E-state index contributed by atoms with van der Waals surface area (Å²) in [5.41, 5.74) is 0. The molecule has 0 amide bonds. The Morgan fingerprint density at radius 3 is 2.50 bits per heavy atom. The number of ether oxygens (including phenoxy) is 1. The summed E-state index contributed by atoms with van der Waals surface area (Å²) in [5, 5.41) is 3.67. The third-order valence-electron chi connectivity index (χ3n) is 4.33. The molecule has 0 aromatic heterocycles. The third-order valence-corrected chi connectivity index (χ3v) is 4.33. The standard InChI is InChI=1S/C15H32N2O/c1-6-9-13(16-8-3)14(7-2)17(5)15-10-11-18-12(15)4/h12-16H,6-11H2,1-5H3. The van der Waals surface area contributed by atoms with Crippen molar-refractivity contribution < 1.29 is 4.74 Å². The van der Waals surface area contributed by atoms with Crippen molar-refractivity contribution in [1.82, 2.24) is 10.2 Å². The molecule has 1 saturated heterocycles.